The molecule has 1 rings (SSSR count). The van der Waals surface area contributed by atoms with Crippen LogP contribution in [0.4, 0.5) is 0 Å². The van der Waals surface area contributed by atoms with Crippen molar-refractivity contribution >= 4 is 5.96 Å². The summed E-state index contributed by atoms with van der Waals surface area (Å²) in [5.74, 6) is 6.01. The summed E-state index contributed by atoms with van der Waals surface area (Å²) in [5, 5.41) is 3.32. The molecule has 0 spiro atoms. The van der Waals surface area contributed by atoms with E-state index in [1.807, 2.05) is 0 Å². The molecule has 0 aromatic rings. The molecule has 0 aromatic heterocycles. The first kappa shape index (κ1) is 11.3. The summed E-state index contributed by atoms with van der Waals surface area (Å²) in [6, 6.07) is 0.508. The van der Waals surface area contributed by atoms with Crippen molar-refractivity contribution in [3.05, 3.63) is 0 Å². The van der Waals surface area contributed by atoms with E-state index in [2.05, 4.69) is 29.6 Å². The molecule has 4 nitrogen and oxygen atoms in total. The molecule has 0 heterocycles. The van der Waals surface area contributed by atoms with Crippen LogP contribution < -0.4 is 16.6 Å². The van der Waals surface area contributed by atoms with Crippen LogP contribution in [0.5, 0.6) is 0 Å². The van der Waals surface area contributed by atoms with Crippen LogP contribution in [0.25, 0.3) is 0 Å². The lowest BCUT2D eigenvalue weighted by molar-refractivity contribution is 0.210. The minimum atomic E-state index is 0.448. The van der Waals surface area contributed by atoms with Crippen molar-refractivity contribution < 1.29 is 0 Å². The quantitative estimate of drug-likeness (QED) is 0.255. The van der Waals surface area contributed by atoms with Crippen molar-refractivity contribution in [2.24, 2.45) is 16.3 Å². The molecule has 1 saturated carbocycles. The molecule has 14 heavy (non-hydrogen) atoms. The number of hydrazine groups is 1. The highest BCUT2D eigenvalue weighted by atomic mass is 15.3. The SMILES string of the molecule is CN=C(NN)NC1CCCC(C)(C)C1. The molecule has 1 fully saturated rings. The summed E-state index contributed by atoms with van der Waals surface area (Å²) >= 11 is 0. The first-order valence-corrected chi connectivity index (χ1v) is 5.27. The normalized spacial score (nSPS) is 27.1. The van der Waals surface area contributed by atoms with Crippen LogP contribution in [0.1, 0.15) is 39.5 Å². The van der Waals surface area contributed by atoms with Gasteiger partial charge in [0, 0.05) is 13.1 Å². The number of nitrogens with one attached hydrogen (secondary N) is 2. The van der Waals surface area contributed by atoms with Gasteiger partial charge in [-0.05, 0) is 24.7 Å². The number of rotatable bonds is 1. The van der Waals surface area contributed by atoms with Gasteiger partial charge >= 0.3 is 0 Å². The molecule has 0 aliphatic heterocycles. The van der Waals surface area contributed by atoms with Crippen LogP contribution in [0.3, 0.4) is 0 Å². The number of guanidine groups is 1. The van der Waals surface area contributed by atoms with E-state index in [0.29, 0.717) is 17.4 Å². The topological polar surface area (TPSA) is 62.4 Å². The van der Waals surface area contributed by atoms with Crippen molar-refractivity contribution in [3.8, 4) is 0 Å². The van der Waals surface area contributed by atoms with Crippen molar-refractivity contribution in [2.75, 3.05) is 7.05 Å². The van der Waals surface area contributed by atoms with Gasteiger partial charge in [-0.3, -0.25) is 10.4 Å². The largest absolute Gasteiger partial charge is 0.353 e. The highest BCUT2D eigenvalue weighted by Gasteiger charge is 2.28. The molecule has 0 saturated heterocycles. The Morgan fingerprint density at radius 1 is 1.50 bits per heavy atom. The maximum Gasteiger partial charge on any atom is 0.205 e. The second-order valence-electron chi connectivity index (χ2n) is 4.82. The molecule has 1 atom stereocenters. The Bertz CT molecular complexity index is 210. The Hall–Kier alpha value is -0.770. The van der Waals surface area contributed by atoms with E-state index in [-0.39, 0.29) is 0 Å². The number of hydrogen-bond acceptors (Lipinski definition) is 2. The second kappa shape index (κ2) is 4.64. The van der Waals surface area contributed by atoms with Gasteiger partial charge in [-0.25, -0.2) is 5.84 Å². The Morgan fingerprint density at radius 3 is 2.71 bits per heavy atom. The summed E-state index contributed by atoms with van der Waals surface area (Å²) in [6.45, 7) is 4.64. The van der Waals surface area contributed by atoms with E-state index < -0.39 is 0 Å². The lowest BCUT2D eigenvalue weighted by Crippen LogP contribution is -2.48. The molecule has 1 aliphatic rings. The van der Waals surface area contributed by atoms with Gasteiger partial charge in [0.2, 0.25) is 5.96 Å². The average Bonchev–Trinajstić information content (AvgIpc) is 2.12. The number of hydrogen-bond donors (Lipinski definition) is 3. The Balaban J connectivity index is 2.45. The van der Waals surface area contributed by atoms with Crippen LogP contribution in [-0.4, -0.2) is 19.0 Å². The zero-order chi connectivity index (χ0) is 10.6. The van der Waals surface area contributed by atoms with Crippen LogP contribution in [0.2, 0.25) is 0 Å². The first-order valence-electron chi connectivity index (χ1n) is 5.27. The molecular weight excluding hydrogens is 176 g/mol. The molecule has 1 unspecified atom stereocenters. The van der Waals surface area contributed by atoms with E-state index in [4.69, 9.17) is 5.84 Å². The standard InChI is InChI=1S/C10H22N4/c1-10(2)6-4-5-8(7-10)13-9(12-3)14-11/h8H,4-7,11H2,1-3H3,(H2,12,13,14). The predicted octanol–water partition coefficient (Wildman–Crippen LogP) is 0.994. The van der Waals surface area contributed by atoms with Crippen molar-refractivity contribution in [2.45, 2.75) is 45.6 Å². The third kappa shape index (κ3) is 3.18. The first-order chi connectivity index (χ1) is 6.57. The minimum Gasteiger partial charge on any atom is -0.353 e. The molecule has 4 heteroatoms. The van der Waals surface area contributed by atoms with Crippen molar-refractivity contribution in [1.29, 1.82) is 0 Å². The molecule has 4 N–H and O–H groups in total. The van der Waals surface area contributed by atoms with Crippen LogP contribution >= 0.6 is 0 Å². The summed E-state index contributed by atoms with van der Waals surface area (Å²) < 4.78 is 0. The highest BCUT2D eigenvalue weighted by molar-refractivity contribution is 5.79. The van der Waals surface area contributed by atoms with Crippen LogP contribution in [0, 0.1) is 5.41 Å². The maximum absolute atomic E-state index is 5.32. The molecule has 0 amide bonds. The van der Waals surface area contributed by atoms with Gasteiger partial charge in [-0.15, -0.1) is 0 Å². The molecular formula is C10H22N4. The number of nitrogens with two attached hydrogens (primary N) is 1. The van der Waals surface area contributed by atoms with Crippen LogP contribution in [0.15, 0.2) is 4.99 Å². The van der Waals surface area contributed by atoms with E-state index in [9.17, 15) is 0 Å². The van der Waals surface area contributed by atoms with Gasteiger partial charge in [0.15, 0.2) is 0 Å². The van der Waals surface area contributed by atoms with Gasteiger partial charge < -0.3 is 5.32 Å². The Morgan fingerprint density at radius 2 is 2.21 bits per heavy atom. The molecule has 82 valence electrons. The summed E-state index contributed by atoms with van der Waals surface area (Å²) in [7, 11) is 1.73. The summed E-state index contributed by atoms with van der Waals surface area (Å²) in [4.78, 5) is 4.02. The Labute approximate surface area is 86.3 Å². The van der Waals surface area contributed by atoms with Gasteiger partial charge in [-0.1, -0.05) is 20.3 Å². The molecule has 0 aromatic carbocycles. The summed E-state index contributed by atoms with van der Waals surface area (Å²) in [6.07, 6.45) is 5.00. The average molecular weight is 198 g/mol. The smallest absolute Gasteiger partial charge is 0.205 e. The van der Waals surface area contributed by atoms with Crippen molar-refractivity contribution in [1.82, 2.24) is 10.7 Å². The maximum atomic E-state index is 5.32. The molecule has 0 radical (unpaired) electrons. The molecule has 0 bridgehead atoms. The zero-order valence-corrected chi connectivity index (χ0v) is 9.43. The monoisotopic (exact) mass is 198 g/mol. The van der Waals surface area contributed by atoms with Crippen molar-refractivity contribution in [3.63, 3.8) is 0 Å². The highest BCUT2D eigenvalue weighted by Crippen LogP contribution is 2.34. The van der Waals surface area contributed by atoms with Crippen LogP contribution in [-0.2, 0) is 0 Å². The van der Waals surface area contributed by atoms with E-state index >= 15 is 0 Å². The fourth-order valence-corrected chi connectivity index (χ4v) is 2.19. The van der Waals surface area contributed by atoms with E-state index in [0.717, 1.165) is 0 Å². The van der Waals surface area contributed by atoms with Gasteiger partial charge in [-0.2, -0.15) is 0 Å². The predicted molar refractivity (Wildman–Crippen MR) is 59.9 cm³/mol. The third-order valence-electron chi connectivity index (χ3n) is 2.91. The zero-order valence-electron chi connectivity index (χ0n) is 9.43. The molecule has 1 aliphatic carbocycles. The summed E-state index contributed by atoms with van der Waals surface area (Å²) in [5.41, 5.74) is 3.01. The minimum absolute atomic E-state index is 0.448. The lowest BCUT2D eigenvalue weighted by Gasteiger charge is -2.35. The Kier molecular flexibility index (Phi) is 3.75. The fraction of sp³-hybridized carbons (Fsp3) is 0.900. The van der Waals surface area contributed by atoms with Gasteiger partial charge in [0.1, 0.15) is 0 Å². The van der Waals surface area contributed by atoms with Gasteiger partial charge in [0.25, 0.3) is 0 Å². The van der Waals surface area contributed by atoms with E-state index in [1.54, 1.807) is 7.05 Å². The fourth-order valence-electron chi connectivity index (χ4n) is 2.19. The number of nitrogens with zero attached hydrogens (tertiary/aromatic N) is 1. The number of aliphatic imine (C=N–C) groups is 1. The third-order valence-corrected chi connectivity index (χ3v) is 2.91. The van der Waals surface area contributed by atoms with Gasteiger partial charge in [0.05, 0.1) is 0 Å². The second-order valence-corrected chi connectivity index (χ2v) is 4.82. The lowest BCUT2D eigenvalue weighted by atomic mass is 9.75. The van der Waals surface area contributed by atoms with E-state index in [1.165, 1.54) is 25.7 Å².